The van der Waals surface area contributed by atoms with Gasteiger partial charge in [0, 0.05) is 44.3 Å². The van der Waals surface area contributed by atoms with Crippen LogP contribution in [0.15, 0.2) is 30.6 Å². The highest BCUT2D eigenvalue weighted by atomic mass is 16.5. The fraction of sp³-hybridized carbons (Fsp3) is 0.560. The predicted octanol–water partition coefficient (Wildman–Crippen LogP) is 2.58. The van der Waals surface area contributed by atoms with Crippen molar-refractivity contribution in [3.63, 3.8) is 0 Å². The lowest BCUT2D eigenvalue weighted by atomic mass is 9.97. The number of fused-ring (bicyclic) bond motifs is 1. The van der Waals surface area contributed by atoms with Crippen LogP contribution in [-0.2, 0) is 22.6 Å². The molecule has 0 saturated carbocycles. The maximum Gasteiger partial charge on any atom is 0.227 e. The van der Waals surface area contributed by atoms with Gasteiger partial charge in [-0.3, -0.25) is 4.79 Å². The van der Waals surface area contributed by atoms with Crippen LogP contribution in [0.25, 0.3) is 0 Å². The molecule has 8 heteroatoms. The average Bonchev–Trinajstić information content (AvgIpc) is 3.22. The van der Waals surface area contributed by atoms with Crippen LogP contribution in [0.4, 0.5) is 5.82 Å². The topological polar surface area (TPSA) is 79.8 Å². The minimum absolute atomic E-state index is 0.00634. The Morgan fingerprint density at radius 1 is 1.18 bits per heavy atom. The van der Waals surface area contributed by atoms with Crippen LogP contribution < -0.4 is 15.0 Å². The molecule has 0 spiro atoms. The molecule has 0 bridgehead atoms. The molecular weight excluding hydrogens is 418 g/mol. The number of carbonyl (C=O) groups excluding carboxylic acids is 1. The van der Waals surface area contributed by atoms with Gasteiger partial charge in [-0.25, -0.2) is 9.97 Å². The zero-order valence-corrected chi connectivity index (χ0v) is 20.1. The number of anilines is 1. The van der Waals surface area contributed by atoms with Gasteiger partial charge in [-0.15, -0.1) is 0 Å². The van der Waals surface area contributed by atoms with Gasteiger partial charge in [0.2, 0.25) is 5.91 Å². The van der Waals surface area contributed by atoms with Crippen molar-refractivity contribution in [2.75, 3.05) is 44.7 Å². The number of nitrogens with zero attached hydrogens (tertiary/aromatic N) is 4. The highest BCUT2D eigenvalue weighted by Gasteiger charge is 2.32. The summed E-state index contributed by atoms with van der Waals surface area (Å²) in [7, 11) is 1.66. The Labute approximate surface area is 196 Å². The van der Waals surface area contributed by atoms with E-state index in [1.165, 1.54) is 0 Å². The zero-order chi connectivity index (χ0) is 23.4. The molecular formula is C25H35N5O3. The third-order valence-electron chi connectivity index (χ3n) is 6.48. The van der Waals surface area contributed by atoms with Gasteiger partial charge in [-0.05, 0) is 31.0 Å². The first-order valence-electron chi connectivity index (χ1n) is 11.8. The summed E-state index contributed by atoms with van der Waals surface area (Å²) in [6, 6.07) is 8.33. The molecule has 1 aromatic heterocycles. The summed E-state index contributed by atoms with van der Waals surface area (Å²) >= 11 is 0. The Balaban J connectivity index is 1.41. The molecule has 1 amide bonds. The van der Waals surface area contributed by atoms with Crippen molar-refractivity contribution in [1.29, 1.82) is 0 Å². The molecule has 1 saturated heterocycles. The summed E-state index contributed by atoms with van der Waals surface area (Å²) in [6.45, 7) is 10.4. The lowest BCUT2D eigenvalue weighted by molar-refractivity contribution is -0.135. The van der Waals surface area contributed by atoms with E-state index in [1.54, 1.807) is 13.4 Å². The molecule has 2 aliphatic rings. The Morgan fingerprint density at radius 2 is 1.91 bits per heavy atom. The second-order valence-corrected chi connectivity index (χ2v) is 9.14. The molecule has 33 heavy (non-hydrogen) atoms. The van der Waals surface area contributed by atoms with Crippen LogP contribution in [0.3, 0.4) is 0 Å². The van der Waals surface area contributed by atoms with Crippen LogP contribution in [0.2, 0.25) is 0 Å². The summed E-state index contributed by atoms with van der Waals surface area (Å²) in [4.78, 5) is 26.7. The standard InChI is InChI=1S/C25H35N5O3/c1-17(2)26-14-20(13-19-5-7-21(32-4)8-6-19)25(31)30-11-9-29(10-12-30)24-23-18(3)33-15-22(23)27-16-28-24/h5-8,16-18,20,26H,9-15H2,1-4H3/t18-,20?/m0/s1. The van der Waals surface area contributed by atoms with Crippen LogP contribution in [-0.4, -0.2) is 66.7 Å². The molecule has 1 unspecified atom stereocenters. The van der Waals surface area contributed by atoms with E-state index < -0.39 is 0 Å². The summed E-state index contributed by atoms with van der Waals surface area (Å²) in [5, 5.41) is 3.46. The number of methoxy groups -OCH3 is 1. The molecule has 3 heterocycles. The van der Waals surface area contributed by atoms with Gasteiger partial charge in [-0.1, -0.05) is 26.0 Å². The number of rotatable bonds is 8. The average molecular weight is 454 g/mol. The number of hydrogen-bond donors (Lipinski definition) is 1. The first-order chi connectivity index (χ1) is 16.0. The number of aromatic nitrogens is 2. The van der Waals surface area contributed by atoms with Crippen LogP contribution >= 0.6 is 0 Å². The summed E-state index contributed by atoms with van der Waals surface area (Å²) in [5.74, 6) is 1.88. The van der Waals surface area contributed by atoms with Crippen LogP contribution in [0, 0.1) is 5.92 Å². The maximum atomic E-state index is 13.5. The van der Waals surface area contributed by atoms with Crippen molar-refractivity contribution in [2.45, 2.75) is 45.9 Å². The minimum Gasteiger partial charge on any atom is -0.497 e. The minimum atomic E-state index is -0.107. The Hall–Kier alpha value is -2.71. The van der Waals surface area contributed by atoms with Gasteiger partial charge in [0.25, 0.3) is 0 Å². The summed E-state index contributed by atoms with van der Waals surface area (Å²) in [6.07, 6.45) is 2.33. The number of ether oxygens (including phenoxy) is 2. The van der Waals surface area contributed by atoms with E-state index in [-0.39, 0.29) is 17.9 Å². The first-order valence-corrected chi connectivity index (χ1v) is 11.8. The second-order valence-electron chi connectivity index (χ2n) is 9.14. The molecule has 1 fully saturated rings. The summed E-state index contributed by atoms with van der Waals surface area (Å²) < 4.78 is 11.0. The molecule has 8 nitrogen and oxygen atoms in total. The molecule has 4 rings (SSSR count). The molecule has 1 N–H and O–H groups in total. The van der Waals surface area contributed by atoms with Crippen LogP contribution in [0.1, 0.15) is 43.7 Å². The van der Waals surface area contributed by atoms with E-state index in [0.717, 1.165) is 41.5 Å². The van der Waals surface area contributed by atoms with E-state index in [1.807, 2.05) is 36.1 Å². The molecule has 178 valence electrons. The van der Waals surface area contributed by atoms with E-state index in [0.29, 0.717) is 38.7 Å². The molecule has 2 aromatic rings. The van der Waals surface area contributed by atoms with Crippen molar-refractivity contribution >= 4 is 11.7 Å². The van der Waals surface area contributed by atoms with Gasteiger partial charge >= 0.3 is 0 Å². The van der Waals surface area contributed by atoms with E-state index >= 15 is 0 Å². The van der Waals surface area contributed by atoms with Gasteiger partial charge in [0.1, 0.15) is 17.9 Å². The Kier molecular flexibility index (Phi) is 7.45. The Bertz CT molecular complexity index is 942. The fourth-order valence-corrected chi connectivity index (χ4v) is 4.56. The SMILES string of the molecule is COc1ccc(CC(CNC(C)C)C(=O)N2CCN(c3ncnc4c3[C@H](C)OC4)CC2)cc1. The Morgan fingerprint density at radius 3 is 2.58 bits per heavy atom. The normalized spacial score (nSPS) is 19.0. The number of benzene rings is 1. The largest absolute Gasteiger partial charge is 0.497 e. The van der Waals surface area contributed by atoms with Crippen molar-refractivity contribution < 1.29 is 14.3 Å². The highest BCUT2D eigenvalue weighted by molar-refractivity contribution is 5.80. The number of hydrogen-bond acceptors (Lipinski definition) is 7. The quantitative estimate of drug-likeness (QED) is 0.658. The van der Waals surface area contributed by atoms with Gasteiger partial charge in [0.15, 0.2) is 0 Å². The van der Waals surface area contributed by atoms with Gasteiger partial charge in [0.05, 0.1) is 31.4 Å². The monoisotopic (exact) mass is 453 g/mol. The molecule has 2 atom stereocenters. The van der Waals surface area contributed by atoms with Crippen LogP contribution in [0.5, 0.6) is 5.75 Å². The van der Waals surface area contributed by atoms with Crippen molar-refractivity contribution in [3.8, 4) is 5.75 Å². The third-order valence-corrected chi connectivity index (χ3v) is 6.48. The number of nitrogens with one attached hydrogen (secondary N) is 1. The van der Waals surface area contributed by atoms with E-state index in [2.05, 4.69) is 34.0 Å². The molecule has 2 aliphatic heterocycles. The highest BCUT2D eigenvalue weighted by Crippen LogP contribution is 2.35. The van der Waals surface area contributed by atoms with Crippen molar-refractivity contribution in [3.05, 3.63) is 47.4 Å². The lowest BCUT2D eigenvalue weighted by Crippen LogP contribution is -2.52. The van der Waals surface area contributed by atoms with Gasteiger partial charge in [-0.2, -0.15) is 0 Å². The van der Waals surface area contributed by atoms with E-state index in [4.69, 9.17) is 9.47 Å². The summed E-state index contributed by atoms with van der Waals surface area (Å²) in [5.41, 5.74) is 3.21. The first kappa shape index (κ1) is 23.4. The number of amides is 1. The molecule has 0 radical (unpaired) electrons. The van der Waals surface area contributed by atoms with Crippen molar-refractivity contribution in [1.82, 2.24) is 20.2 Å². The zero-order valence-electron chi connectivity index (χ0n) is 20.1. The number of piperazine rings is 1. The predicted molar refractivity (Wildman–Crippen MR) is 127 cm³/mol. The van der Waals surface area contributed by atoms with E-state index in [9.17, 15) is 4.79 Å². The second kappa shape index (κ2) is 10.5. The molecule has 1 aromatic carbocycles. The fourth-order valence-electron chi connectivity index (χ4n) is 4.56. The lowest BCUT2D eigenvalue weighted by Gasteiger charge is -2.38. The number of carbonyl (C=O) groups is 1. The third kappa shape index (κ3) is 5.45. The van der Waals surface area contributed by atoms with Crippen molar-refractivity contribution in [2.24, 2.45) is 5.92 Å². The maximum absolute atomic E-state index is 13.5. The smallest absolute Gasteiger partial charge is 0.227 e. The van der Waals surface area contributed by atoms with Gasteiger partial charge < -0.3 is 24.6 Å². The molecule has 0 aliphatic carbocycles.